The lowest BCUT2D eigenvalue weighted by Crippen LogP contribution is -2.37. The smallest absolute Gasteiger partial charge is 0.0991 e. The Bertz CT molecular complexity index is 966. The molecule has 2 atom stereocenters. The van der Waals surface area contributed by atoms with Crippen molar-refractivity contribution in [1.29, 1.82) is 5.26 Å². The minimum atomic E-state index is 0.256. The van der Waals surface area contributed by atoms with E-state index in [9.17, 15) is 0 Å². The molecule has 0 bridgehead atoms. The number of pyridine rings is 2. The summed E-state index contributed by atoms with van der Waals surface area (Å²) in [4.78, 5) is 12.1. The van der Waals surface area contributed by atoms with E-state index >= 15 is 0 Å². The molecule has 3 aromatic rings. The number of aryl methyl sites for hydroxylation is 2. The predicted molar refractivity (Wildman–Crippen MR) is 114 cm³/mol. The van der Waals surface area contributed by atoms with Crippen molar-refractivity contribution in [3.63, 3.8) is 0 Å². The molecule has 2 unspecified atom stereocenters. The number of nitrogens with zero attached hydrogens (tertiary/aromatic N) is 4. The highest BCUT2D eigenvalue weighted by molar-refractivity contribution is 5.32. The maximum Gasteiger partial charge on any atom is 0.0991 e. The van der Waals surface area contributed by atoms with Crippen LogP contribution in [-0.2, 0) is 6.54 Å². The molecule has 4 nitrogen and oxygen atoms in total. The van der Waals surface area contributed by atoms with Gasteiger partial charge in [0.2, 0.25) is 0 Å². The van der Waals surface area contributed by atoms with Gasteiger partial charge in [-0.15, -0.1) is 0 Å². The van der Waals surface area contributed by atoms with Gasteiger partial charge >= 0.3 is 0 Å². The number of hydrogen-bond donors (Lipinski definition) is 0. The summed E-state index contributed by atoms with van der Waals surface area (Å²) in [5.74, 6) is 0. The van der Waals surface area contributed by atoms with Crippen LogP contribution in [0, 0.1) is 25.2 Å². The number of nitriles is 1. The summed E-state index contributed by atoms with van der Waals surface area (Å²) in [6.07, 6.45) is 7.15. The van der Waals surface area contributed by atoms with Gasteiger partial charge in [0.05, 0.1) is 35.1 Å². The van der Waals surface area contributed by atoms with Crippen LogP contribution in [-0.4, -0.2) is 14.9 Å². The standard InChI is InChI=1S/C25H26N4/c1-18-6-4-14-27-24(18)22-8-3-9-23(25-19(2)7-5-15-28-25)29(22)17-21-12-10-20(16-26)11-13-21/h4-7,10-15,22-23H,3,8-9,17H2,1-2H3. The van der Waals surface area contributed by atoms with Crippen molar-refractivity contribution < 1.29 is 0 Å². The molecule has 0 radical (unpaired) electrons. The summed E-state index contributed by atoms with van der Waals surface area (Å²) in [7, 11) is 0. The van der Waals surface area contributed by atoms with Gasteiger partial charge in [-0.3, -0.25) is 14.9 Å². The van der Waals surface area contributed by atoms with Crippen LogP contribution in [0.4, 0.5) is 0 Å². The summed E-state index contributed by atoms with van der Waals surface area (Å²) >= 11 is 0. The molecule has 1 aliphatic heterocycles. The molecule has 0 saturated carbocycles. The fourth-order valence-corrected chi connectivity index (χ4v) is 4.45. The maximum atomic E-state index is 9.12. The van der Waals surface area contributed by atoms with Crippen LogP contribution in [0.25, 0.3) is 0 Å². The lowest BCUT2D eigenvalue weighted by atomic mass is 9.88. The Hall–Kier alpha value is -3.03. The highest BCUT2D eigenvalue weighted by Crippen LogP contribution is 2.43. The number of hydrogen-bond acceptors (Lipinski definition) is 4. The van der Waals surface area contributed by atoms with E-state index in [2.05, 4.69) is 49.1 Å². The third kappa shape index (κ3) is 4.06. The van der Waals surface area contributed by atoms with Crippen LogP contribution in [0.3, 0.4) is 0 Å². The summed E-state index contributed by atoms with van der Waals surface area (Å²) in [5.41, 5.74) is 6.71. The van der Waals surface area contributed by atoms with Crippen LogP contribution in [0.15, 0.2) is 60.9 Å². The molecule has 0 spiro atoms. The minimum absolute atomic E-state index is 0.256. The second-order valence-electron chi connectivity index (χ2n) is 7.85. The van der Waals surface area contributed by atoms with Crippen molar-refractivity contribution in [2.75, 3.05) is 0 Å². The highest BCUT2D eigenvalue weighted by Gasteiger charge is 2.35. The first-order chi connectivity index (χ1) is 14.2. The summed E-state index contributed by atoms with van der Waals surface area (Å²) in [6.45, 7) is 5.11. The van der Waals surface area contributed by atoms with Crippen molar-refractivity contribution in [2.45, 2.75) is 51.7 Å². The Labute approximate surface area is 172 Å². The van der Waals surface area contributed by atoms with E-state index in [0.717, 1.165) is 25.8 Å². The van der Waals surface area contributed by atoms with Crippen LogP contribution in [0.1, 0.15) is 65.0 Å². The zero-order valence-corrected chi connectivity index (χ0v) is 17.0. The van der Waals surface area contributed by atoms with E-state index in [1.54, 1.807) is 0 Å². The number of piperidine rings is 1. The zero-order chi connectivity index (χ0) is 20.2. The summed E-state index contributed by atoms with van der Waals surface area (Å²) < 4.78 is 0. The van der Waals surface area contributed by atoms with Crippen LogP contribution >= 0.6 is 0 Å². The molecular weight excluding hydrogens is 356 g/mol. The molecule has 3 heterocycles. The molecule has 2 aromatic heterocycles. The van der Waals surface area contributed by atoms with Crippen molar-refractivity contribution >= 4 is 0 Å². The zero-order valence-electron chi connectivity index (χ0n) is 17.0. The highest BCUT2D eigenvalue weighted by atomic mass is 15.2. The van der Waals surface area contributed by atoms with Gasteiger partial charge in [0, 0.05) is 18.9 Å². The number of likely N-dealkylation sites (tertiary alicyclic amines) is 1. The predicted octanol–water partition coefficient (Wildman–Crippen LogP) is 5.43. The quantitative estimate of drug-likeness (QED) is 0.603. The van der Waals surface area contributed by atoms with Gasteiger partial charge in [-0.25, -0.2) is 0 Å². The van der Waals surface area contributed by atoms with E-state index in [1.165, 1.54) is 28.1 Å². The lowest BCUT2D eigenvalue weighted by molar-refractivity contribution is 0.0679. The third-order valence-electron chi connectivity index (χ3n) is 5.94. The lowest BCUT2D eigenvalue weighted by Gasteiger charge is -2.42. The van der Waals surface area contributed by atoms with Gasteiger partial charge < -0.3 is 0 Å². The number of benzene rings is 1. The first-order valence-electron chi connectivity index (χ1n) is 10.2. The third-order valence-corrected chi connectivity index (χ3v) is 5.94. The monoisotopic (exact) mass is 382 g/mol. The van der Waals surface area contributed by atoms with E-state index in [0.29, 0.717) is 5.56 Å². The molecule has 0 amide bonds. The molecule has 146 valence electrons. The Balaban J connectivity index is 1.74. The van der Waals surface area contributed by atoms with Crippen molar-refractivity contribution in [3.05, 3.63) is 94.6 Å². The van der Waals surface area contributed by atoms with Gasteiger partial charge in [0.25, 0.3) is 0 Å². The SMILES string of the molecule is Cc1cccnc1C1CCCC(c2ncccc2C)N1Cc1ccc(C#N)cc1. The van der Waals surface area contributed by atoms with Crippen LogP contribution in [0.5, 0.6) is 0 Å². The first-order valence-corrected chi connectivity index (χ1v) is 10.2. The second kappa shape index (κ2) is 8.55. The van der Waals surface area contributed by atoms with E-state index < -0.39 is 0 Å². The molecule has 0 aliphatic carbocycles. The summed E-state index contributed by atoms with van der Waals surface area (Å²) in [6, 6.07) is 19.0. The fourth-order valence-electron chi connectivity index (χ4n) is 4.45. The molecule has 1 saturated heterocycles. The molecule has 4 heteroatoms. The molecule has 0 N–H and O–H groups in total. The van der Waals surface area contributed by atoms with Crippen molar-refractivity contribution in [2.24, 2.45) is 0 Å². The Morgan fingerprint density at radius 3 is 1.93 bits per heavy atom. The fraction of sp³-hybridized carbons (Fsp3) is 0.320. The van der Waals surface area contributed by atoms with Crippen molar-refractivity contribution in [1.82, 2.24) is 14.9 Å². The number of aromatic nitrogens is 2. The maximum absolute atomic E-state index is 9.12. The first kappa shape index (κ1) is 19.3. The topological polar surface area (TPSA) is 52.8 Å². The second-order valence-corrected chi connectivity index (χ2v) is 7.85. The molecule has 1 aliphatic rings. The Morgan fingerprint density at radius 1 is 0.897 bits per heavy atom. The molecule has 29 heavy (non-hydrogen) atoms. The average Bonchev–Trinajstić information content (AvgIpc) is 2.75. The normalized spacial score (nSPS) is 19.6. The van der Waals surface area contributed by atoms with Gasteiger partial charge in [0.1, 0.15) is 0 Å². The molecule has 1 aromatic carbocycles. The van der Waals surface area contributed by atoms with Crippen LogP contribution in [0.2, 0.25) is 0 Å². The van der Waals surface area contributed by atoms with Crippen molar-refractivity contribution in [3.8, 4) is 6.07 Å². The largest absolute Gasteiger partial charge is 0.282 e. The number of rotatable bonds is 4. The molecule has 4 rings (SSSR count). The molecular formula is C25H26N4. The Morgan fingerprint density at radius 2 is 1.45 bits per heavy atom. The van der Waals surface area contributed by atoms with E-state index in [4.69, 9.17) is 15.2 Å². The Kier molecular flexibility index (Phi) is 5.69. The minimum Gasteiger partial charge on any atom is -0.282 e. The van der Waals surface area contributed by atoms with Gasteiger partial charge in [-0.05, 0) is 74.1 Å². The summed E-state index contributed by atoms with van der Waals surface area (Å²) in [5, 5.41) is 9.12. The van der Waals surface area contributed by atoms with Gasteiger partial charge in [-0.2, -0.15) is 5.26 Å². The van der Waals surface area contributed by atoms with E-state index in [1.807, 2.05) is 36.7 Å². The van der Waals surface area contributed by atoms with Crippen LogP contribution < -0.4 is 0 Å². The van der Waals surface area contributed by atoms with E-state index in [-0.39, 0.29) is 12.1 Å². The average molecular weight is 383 g/mol. The van der Waals surface area contributed by atoms with Gasteiger partial charge in [-0.1, -0.05) is 24.3 Å². The molecule has 1 fully saturated rings. The van der Waals surface area contributed by atoms with Gasteiger partial charge in [0.15, 0.2) is 0 Å².